The number of hydrogen-bond acceptors (Lipinski definition) is 7. The van der Waals surface area contributed by atoms with Crippen molar-refractivity contribution in [3.05, 3.63) is 70.3 Å². The Hall–Kier alpha value is -2.85. The zero-order valence-electron chi connectivity index (χ0n) is 17.1. The Balaban J connectivity index is 1.55. The van der Waals surface area contributed by atoms with Crippen LogP contribution in [0.2, 0.25) is 0 Å². The summed E-state index contributed by atoms with van der Waals surface area (Å²) in [5, 5.41) is 8.05. The SMILES string of the molecule is COc1cc(C2CC(c3cccs3)=NN2C(=O)CSCc2ccco2)ccc1OC(F)F. The number of methoxy groups -OCH3 is 1. The molecule has 0 saturated carbocycles. The second-order valence-corrected chi connectivity index (χ2v) is 8.78. The molecule has 10 heteroatoms. The van der Waals surface area contributed by atoms with Gasteiger partial charge in [-0.2, -0.15) is 13.9 Å². The van der Waals surface area contributed by atoms with Crippen molar-refractivity contribution in [2.75, 3.05) is 12.9 Å². The third-order valence-corrected chi connectivity index (χ3v) is 6.67. The predicted octanol–water partition coefficient (Wildman–Crippen LogP) is 5.56. The molecule has 0 N–H and O–H groups in total. The smallest absolute Gasteiger partial charge is 0.387 e. The van der Waals surface area contributed by atoms with E-state index in [1.54, 1.807) is 35.8 Å². The highest BCUT2D eigenvalue weighted by molar-refractivity contribution is 7.99. The van der Waals surface area contributed by atoms with Gasteiger partial charge in [0.25, 0.3) is 5.91 Å². The first-order chi connectivity index (χ1) is 15.5. The number of halogens is 2. The number of thioether (sulfide) groups is 1. The zero-order chi connectivity index (χ0) is 22.5. The molecular formula is C22H20F2N2O4S2. The van der Waals surface area contributed by atoms with Crippen LogP contribution in [0.25, 0.3) is 0 Å². The lowest BCUT2D eigenvalue weighted by atomic mass is 10.0. The Morgan fingerprint density at radius 3 is 2.88 bits per heavy atom. The lowest BCUT2D eigenvalue weighted by Gasteiger charge is -2.23. The zero-order valence-corrected chi connectivity index (χ0v) is 18.7. The molecule has 1 atom stereocenters. The van der Waals surface area contributed by atoms with Crippen LogP contribution in [0.1, 0.15) is 28.7 Å². The van der Waals surface area contributed by atoms with Crippen molar-refractivity contribution in [1.82, 2.24) is 5.01 Å². The van der Waals surface area contributed by atoms with Crippen molar-refractivity contribution in [3.8, 4) is 11.5 Å². The third-order valence-electron chi connectivity index (χ3n) is 4.81. The fraction of sp³-hybridized carbons (Fsp3) is 0.273. The highest BCUT2D eigenvalue weighted by Crippen LogP contribution is 2.38. The van der Waals surface area contributed by atoms with Gasteiger partial charge >= 0.3 is 6.61 Å². The fourth-order valence-electron chi connectivity index (χ4n) is 3.38. The first kappa shape index (κ1) is 22.3. The van der Waals surface area contributed by atoms with Crippen molar-refractivity contribution in [1.29, 1.82) is 0 Å². The summed E-state index contributed by atoms with van der Waals surface area (Å²) in [6.45, 7) is -2.96. The van der Waals surface area contributed by atoms with Gasteiger partial charge in [0.15, 0.2) is 11.5 Å². The number of furan rings is 1. The molecule has 0 bridgehead atoms. The first-order valence-corrected chi connectivity index (χ1v) is 11.7. The molecule has 0 saturated heterocycles. The summed E-state index contributed by atoms with van der Waals surface area (Å²) in [4.78, 5) is 14.0. The molecular weight excluding hydrogens is 458 g/mol. The van der Waals surface area contributed by atoms with E-state index in [1.165, 1.54) is 29.9 Å². The molecule has 168 valence electrons. The number of hydrogen-bond donors (Lipinski definition) is 0. The number of carbonyl (C=O) groups excluding carboxylic acids is 1. The van der Waals surface area contributed by atoms with E-state index < -0.39 is 6.61 Å². The first-order valence-electron chi connectivity index (χ1n) is 9.71. The maximum absolute atomic E-state index is 13.1. The molecule has 6 nitrogen and oxygen atoms in total. The molecule has 4 rings (SSSR count). The van der Waals surface area contributed by atoms with E-state index in [4.69, 9.17) is 9.15 Å². The molecule has 0 radical (unpaired) electrons. The van der Waals surface area contributed by atoms with E-state index in [2.05, 4.69) is 9.84 Å². The monoisotopic (exact) mass is 478 g/mol. The number of amides is 1. The van der Waals surface area contributed by atoms with E-state index in [0.29, 0.717) is 12.2 Å². The molecule has 3 heterocycles. The van der Waals surface area contributed by atoms with E-state index in [9.17, 15) is 13.6 Å². The molecule has 2 aromatic heterocycles. The molecule has 0 fully saturated rings. The number of benzene rings is 1. The van der Waals surface area contributed by atoms with Crippen molar-refractivity contribution in [3.63, 3.8) is 0 Å². The summed E-state index contributed by atoms with van der Waals surface area (Å²) in [6, 6.07) is 11.9. The van der Waals surface area contributed by atoms with Gasteiger partial charge in [-0.1, -0.05) is 12.1 Å². The fourth-order valence-corrected chi connectivity index (χ4v) is 4.87. The third kappa shape index (κ3) is 5.13. The van der Waals surface area contributed by atoms with Crippen LogP contribution in [0.15, 0.2) is 63.6 Å². The Labute approximate surface area is 191 Å². The van der Waals surface area contributed by atoms with Crippen LogP contribution in [-0.4, -0.2) is 36.1 Å². The highest BCUT2D eigenvalue weighted by Gasteiger charge is 2.34. The van der Waals surface area contributed by atoms with E-state index >= 15 is 0 Å². The molecule has 1 aliphatic rings. The minimum absolute atomic E-state index is 0.0597. The molecule has 32 heavy (non-hydrogen) atoms. The molecule has 0 spiro atoms. The minimum Gasteiger partial charge on any atom is -0.493 e. The average molecular weight is 479 g/mol. The van der Waals surface area contributed by atoms with Gasteiger partial charge in [0.05, 0.1) is 41.5 Å². The summed E-state index contributed by atoms with van der Waals surface area (Å²) in [5.74, 6) is 1.56. The average Bonchev–Trinajstić information content (AvgIpc) is 3.54. The van der Waals surface area contributed by atoms with Gasteiger partial charge in [-0.15, -0.1) is 23.1 Å². The van der Waals surface area contributed by atoms with Gasteiger partial charge in [0, 0.05) is 6.42 Å². The van der Waals surface area contributed by atoms with Gasteiger partial charge in [-0.05, 0) is 41.3 Å². The highest BCUT2D eigenvalue weighted by atomic mass is 32.2. The number of ether oxygens (including phenoxy) is 2. The van der Waals surface area contributed by atoms with Crippen LogP contribution in [-0.2, 0) is 10.5 Å². The van der Waals surface area contributed by atoms with Crippen LogP contribution in [0.4, 0.5) is 8.78 Å². The van der Waals surface area contributed by atoms with Crippen molar-refractivity contribution < 1.29 is 27.5 Å². The number of nitrogens with zero attached hydrogens (tertiary/aromatic N) is 2. The van der Waals surface area contributed by atoms with Crippen molar-refractivity contribution in [2.24, 2.45) is 5.10 Å². The number of alkyl halides is 2. The normalized spacial score (nSPS) is 15.8. The standard InChI is InChI=1S/C22H20F2N2O4S2/c1-28-19-10-14(6-7-18(19)30-22(23)24)17-11-16(20-5-3-9-32-20)25-26(17)21(27)13-31-12-15-4-2-8-29-15/h2-10,17,22H,11-13H2,1H3. The van der Waals surface area contributed by atoms with E-state index in [-0.39, 0.29) is 29.2 Å². The van der Waals surface area contributed by atoms with Crippen LogP contribution >= 0.6 is 23.1 Å². The maximum Gasteiger partial charge on any atom is 0.387 e. The van der Waals surface area contributed by atoms with Crippen LogP contribution in [0.5, 0.6) is 11.5 Å². The van der Waals surface area contributed by atoms with Crippen LogP contribution < -0.4 is 9.47 Å². The van der Waals surface area contributed by atoms with Gasteiger partial charge in [-0.3, -0.25) is 4.79 Å². The lowest BCUT2D eigenvalue weighted by molar-refractivity contribution is -0.130. The Bertz CT molecular complexity index is 1070. The van der Waals surface area contributed by atoms with E-state index in [0.717, 1.165) is 21.9 Å². The number of hydrazone groups is 1. The second kappa shape index (κ2) is 10.2. The maximum atomic E-state index is 13.1. The van der Waals surface area contributed by atoms with Crippen molar-refractivity contribution in [2.45, 2.75) is 24.8 Å². The van der Waals surface area contributed by atoms with E-state index in [1.807, 2.05) is 23.6 Å². The largest absolute Gasteiger partial charge is 0.493 e. The molecule has 1 aliphatic heterocycles. The molecule has 1 aromatic carbocycles. The lowest BCUT2D eigenvalue weighted by Crippen LogP contribution is -2.28. The van der Waals surface area contributed by atoms with Crippen molar-refractivity contribution >= 4 is 34.7 Å². The van der Waals surface area contributed by atoms with Crippen LogP contribution in [0, 0.1) is 0 Å². The Morgan fingerprint density at radius 1 is 1.31 bits per heavy atom. The van der Waals surface area contributed by atoms with Gasteiger partial charge < -0.3 is 13.9 Å². The summed E-state index contributed by atoms with van der Waals surface area (Å²) in [7, 11) is 1.38. The number of rotatable bonds is 9. The summed E-state index contributed by atoms with van der Waals surface area (Å²) in [5.41, 5.74) is 1.53. The second-order valence-electron chi connectivity index (χ2n) is 6.84. The summed E-state index contributed by atoms with van der Waals surface area (Å²) < 4.78 is 40.4. The van der Waals surface area contributed by atoms with Crippen LogP contribution in [0.3, 0.4) is 0 Å². The number of thiophene rings is 1. The Kier molecular flexibility index (Phi) is 7.11. The molecule has 3 aromatic rings. The molecule has 1 unspecified atom stereocenters. The topological polar surface area (TPSA) is 64.3 Å². The van der Waals surface area contributed by atoms with Gasteiger partial charge in [0.2, 0.25) is 0 Å². The number of carbonyl (C=O) groups is 1. The molecule has 1 amide bonds. The minimum atomic E-state index is -2.96. The predicted molar refractivity (Wildman–Crippen MR) is 120 cm³/mol. The van der Waals surface area contributed by atoms with Gasteiger partial charge in [-0.25, -0.2) is 5.01 Å². The quantitative estimate of drug-likeness (QED) is 0.403. The summed E-state index contributed by atoms with van der Waals surface area (Å²) in [6.07, 6.45) is 2.11. The molecule has 0 aliphatic carbocycles. The van der Waals surface area contributed by atoms with Gasteiger partial charge in [0.1, 0.15) is 5.76 Å². The summed E-state index contributed by atoms with van der Waals surface area (Å²) >= 11 is 2.99. The Morgan fingerprint density at radius 2 is 2.19 bits per heavy atom.